The third kappa shape index (κ3) is 4.68. The van der Waals surface area contributed by atoms with E-state index in [0.717, 1.165) is 13.1 Å². The molecule has 0 aliphatic heterocycles. The van der Waals surface area contributed by atoms with Crippen molar-refractivity contribution in [2.75, 3.05) is 46.1 Å². The minimum absolute atomic E-state index is 0.171. The van der Waals surface area contributed by atoms with Gasteiger partial charge >= 0.3 is 0 Å². The monoisotopic (exact) mass is 252 g/mol. The molecule has 1 aromatic rings. The first-order chi connectivity index (χ1) is 8.65. The zero-order chi connectivity index (χ0) is 13.4. The number of nitrogens with two attached hydrogens (primary N) is 1. The second-order valence-electron chi connectivity index (χ2n) is 4.01. The van der Waals surface area contributed by atoms with Crippen molar-refractivity contribution >= 4 is 11.6 Å². The van der Waals surface area contributed by atoms with Gasteiger partial charge in [0.2, 0.25) is 0 Å². The van der Waals surface area contributed by atoms with Crippen molar-refractivity contribution in [1.82, 2.24) is 15.2 Å². The van der Waals surface area contributed by atoms with Gasteiger partial charge in [0.15, 0.2) is 0 Å². The van der Waals surface area contributed by atoms with Crippen LogP contribution in [0.15, 0.2) is 18.5 Å². The third-order valence-corrected chi connectivity index (χ3v) is 2.55. The van der Waals surface area contributed by atoms with Crippen molar-refractivity contribution in [2.45, 2.75) is 0 Å². The van der Waals surface area contributed by atoms with Crippen LogP contribution in [0.3, 0.4) is 0 Å². The lowest BCUT2D eigenvalue weighted by atomic mass is 10.2. The zero-order valence-electron chi connectivity index (χ0n) is 10.8. The molecule has 1 aromatic heterocycles. The molecule has 1 heterocycles. The molecule has 6 heteroatoms. The number of pyridine rings is 1. The SMILES string of the molecule is COCCN(C)CCNC(=O)c1ccncc1N. The molecule has 0 bridgehead atoms. The van der Waals surface area contributed by atoms with Crippen molar-refractivity contribution in [2.24, 2.45) is 0 Å². The first-order valence-corrected chi connectivity index (χ1v) is 5.80. The predicted octanol–water partition coefficient (Wildman–Crippen LogP) is -0.0282. The van der Waals surface area contributed by atoms with Crippen molar-refractivity contribution in [3.05, 3.63) is 24.0 Å². The van der Waals surface area contributed by atoms with Crippen molar-refractivity contribution < 1.29 is 9.53 Å². The molecule has 3 N–H and O–H groups in total. The lowest BCUT2D eigenvalue weighted by Crippen LogP contribution is -2.34. The molecule has 0 unspecified atom stereocenters. The normalized spacial score (nSPS) is 10.6. The van der Waals surface area contributed by atoms with Crippen LogP contribution in [0.4, 0.5) is 5.69 Å². The van der Waals surface area contributed by atoms with Gasteiger partial charge in [0.05, 0.1) is 24.1 Å². The smallest absolute Gasteiger partial charge is 0.253 e. The average molecular weight is 252 g/mol. The predicted molar refractivity (Wildman–Crippen MR) is 70.4 cm³/mol. The van der Waals surface area contributed by atoms with Crippen LogP contribution in [-0.2, 0) is 4.74 Å². The maximum atomic E-state index is 11.8. The van der Waals surface area contributed by atoms with E-state index in [1.807, 2.05) is 7.05 Å². The fourth-order valence-electron chi connectivity index (χ4n) is 1.43. The lowest BCUT2D eigenvalue weighted by molar-refractivity contribution is 0.0948. The summed E-state index contributed by atoms with van der Waals surface area (Å²) in [6, 6.07) is 1.61. The molecule has 0 spiro atoms. The molecule has 1 amide bonds. The highest BCUT2D eigenvalue weighted by molar-refractivity contribution is 5.98. The molecular formula is C12H20N4O2. The molecule has 100 valence electrons. The summed E-state index contributed by atoms with van der Waals surface area (Å²) in [7, 11) is 3.65. The maximum Gasteiger partial charge on any atom is 0.253 e. The van der Waals surface area contributed by atoms with E-state index < -0.39 is 0 Å². The number of methoxy groups -OCH3 is 1. The number of nitrogens with zero attached hydrogens (tertiary/aromatic N) is 2. The minimum Gasteiger partial charge on any atom is -0.397 e. The molecule has 0 fully saturated rings. The Morgan fingerprint density at radius 3 is 3.00 bits per heavy atom. The second kappa shape index (κ2) is 7.62. The quantitative estimate of drug-likeness (QED) is 0.712. The van der Waals surface area contributed by atoms with Gasteiger partial charge in [0.1, 0.15) is 0 Å². The lowest BCUT2D eigenvalue weighted by Gasteiger charge is -2.16. The topological polar surface area (TPSA) is 80.5 Å². The van der Waals surface area contributed by atoms with Crippen molar-refractivity contribution in [3.63, 3.8) is 0 Å². The number of ether oxygens (including phenoxy) is 1. The number of hydrogen-bond acceptors (Lipinski definition) is 5. The van der Waals surface area contributed by atoms with Gasteiger partial charge in [-0.05, 0) is 13.1 Å². The van der Waals surface area contributed by atoms with Crippen LogP contribution in [0.5, 0.6) is 0 Å². The van der Waals surface area contributed by atoms with Crippen molar-refractivity contribution in [3.8, 4) is 0 Å². The fourth-order valence-corrected chi connectivity index (χ4v) is 1.43. The third-order valence-electron chi connectivity index (χ3n) is 2.55. The highest BCUT2D eigenvalue weighted by Gasteiger charge is 2.08. The summed E-state index contributed by atoms with van der Waals surface area (Å²) in [5, 5.41) is 2.82. The molecular weight excluding hydrogens is 232 g/mol. The van der Waals surface area contributed by atoms with E-state index in [1.54, 1.807) is 19.4 Å². The molecule has 0 saturated carbocycles. The van der Waals surface area contributed by atoms with Crippen LogP contribution in [0.2, 0.25) is 0 Å². The van der Waals surface area contributed by atoms with Crippen LogP contribution in [0.1, 0.15) is 10.4 Å². The van der Waals surface area contributed by atoms with E-state index in [1.165, 1.54) is 6.20 Å². The number of amides is 1. The Morgan fingerprint density at radius 2 is 2.33 bits per heavy atom. The number of carbonyl (C=O) groups excluding carboxylic acids is 1. The van der Waals surface area contributed by atoms with E-state index in [9.17, 15) is 4.79 Å². The maximum absolute atomic E-state index is 11.8. The van der Waals surface area contributed by atoms with Gasteiger partial charge in [-0.1, -0.05) is 0 Å². The number of nitrogens with one attached hydrogen (secondary N) is 1. The molecule has 0 aromatic carbocycles. The van der Waals surface area contributed by atoms with Crippen LogP contribution < -0.4 is 11.1 Å². The Hall–Kier alpha value is -1.66. The molecule has 1 rings (SSSR count). The Labute approximate surface area is 107 Å². The highest BCUT2D eigenvalue weighted by Crippen LogP contribution is 2.07. The van der Waals surface area contributed by atoms with Gasteiger partial charge in [-0.3, -0.25) is 9.78 Å². The van der Waals surface area contributed by atoms with Gasteiger partial charge in [0.25, 0.3) is 5.91 Å². The van der Waals surface area contributed by atoms with E-state index in [4.69, 9.17) is 10.5 Å². The molecule has 0 atom stereocenters. The molecule has 0 radical (unpaired) electrons. The summed E-state index contributed by atoms with van der Waals surface area (Å²) in [4.78, 5) is 17.7. The number of likely N-dealkylation sites (N-methyl/N-ethyl adjacent to an activating group) is 1. The summed E-state index contributed by atoms with van der Waals surface area (Å²) in [5.74, 6) is -0.171. The van der Waals surface area contributed by atoms with Gasteiger partial charge in [-0.15, -0.1) is 0 Å². The Bertz CT molecular complexity index is 384. The minimum atomic E-state index is -0.171. The van der Waals surface area contributed by atoms with Crippen LogP contribution in [-0.4, -0.2) is 56.2 Å². The summed E-state index contributed by atoms with van der Waals surface area (Å²) in [5.41, 5.74) is 6.52. The fraction of sp³-hybridized carbons (Fsp3) is 0.500. The summed E-state index contributed by atoms with van der Waals surface area (Å²) in [6.45, 7) is 2.85. The first-order valence-electron chi connectivity index (χ1n) is 5.80. The van der Waals surface area contributed by atoms with Gasteiger partial charge in [0, 0.05) is 32.9 Å². The Morgan fingerprint density at radius 1 is 1.56 bits per heavy atom. The Balaban J connectivity index is 2.32. The molecule has 18 heavy (non-hydrogen) atoms. The van der Waals surface area contributed by atoms with E-state index in [0.29, 0.717) is 24.4 Å². The van der Waals surface area contributed by atoms with Gasteiger partial charge in [-0.2, -0.15) is 0 Å². The molecule has 0 aliphatic carbocycles. The highest BCUT2D eigenvalue weighted by atomic mass is 16.5. The van der Waals surface area contributed by atoms with Gasteiger partial charge in [-0.25, -0.2) is 0 Å². The Kier molecular flexibility index (Phi) is 6.10. The summed E-state index contributed by atoms with van der Waals surface area (Å²) >= 11 is 0. The first kappa shape index (κ1) is 14.4. The largest absolute Gasteiger partial charge is 0.397 e. The number of anilines is 1. The number of hydrogen-bond donors (Lipinski definition) is 2. The van der Waals surface area contributed by atoms with Crippen LogP contribution >= 0.6 is 0 Å². The van der Waals surface area contributed by atoms with Gasteiger partial charge < -0.3 is 20.7 Å². The zero-order valence-corrected chi connectivity index (χ0v) is 10.8. The molecule has 6 nitrogen and oxygen atoms in total. The van der Waals surface area contributed by atoms with E-state index in [2.05, 4.69) is 15.2 Å². The number of aromatic nitrogens is 1. The second-order valence-corrected chi connectivity index (χ2v) is 4.01. The van der Waals surface area contributed by atoms with Crippen LogP contribution in [0.25, 0.3) is 0 Å². The van der Waals surface area contributed by atoms with Crippen LogP contribution in [0, 0.1) is 0 Å². The standard InChI is InChI=1S/C12H20N4O2/c1-16(7-8-18-2)6-5-15-12(17)10-3-4-14-9-11(10)13/h3-4,9H,5-8,13H2,1-2H3,(H,15,17). The number of nitrogen functional groups attached to an aromatic ring is 1. The van der Waals surface area contributed by atoms with E-state index >= 15 is 0 Å². The van der Waals surface area contributed by atoms with Crippen molar-refractivity contribution in [1.29, 1.82) is 0 Å². The van der Waals surface area contributed by atoms with E-state index in [-0.39, 0.29) is 5.91 Å². The molecule has 0 saturated heterocycles. The summed E-state index contributed by atoms with van der Waals surface area (Å²) in [6.07, 6.45) is 3.02. The molecule has 0 aliphatic rings. The average Bonchev–Trinajstić information content (AvgIpc) is 2.36. The number of rotatable bonds is 7. The number of carbonyl (C=O) groups is 1. The summed E-state index contributed by atoms with van der Waals surface area (Å²) < 4.78 is 4.97.